The highest BCUT2D eigenvalue weighted by Crippen LogP contribution is 2.42. The Hall–Kier alpha value is -4.41. The maximum atomic E-state index is 13.5. The number of esters is 2. The van der Waals surface area contributed by atoms with Gasteiger partial charge >= 0.3 is 11.9 Å². The van der Waals surface area contributed by atoms with Crippen molar-refractivity contribution in [3.05, 3.63) is 81.0 Å². The van der Waals surface area contributed by atoms with E-state index in [1.165, 1.54) is 30.3 Å². The zero-order valence-electron chi connectivity index (χ0n) is 21.6. The van der Waals surface area contributed by atoms with E-state index in [2.05, 4.69) is 10.6 Å². The molecule has 0 saturated carbocycles. The van der Waals surface area contributed by atoms with Crippen LogP contribution in [0.4, 0.5) is 5.69 Å². The number of carbonyl (C=O) groups excluding carboxylic acids is 3. The average molecular weight is 526 g/mol. The molecule has 2 unspecified atom stereocenters. The second-order valence-corrected chi connectivity index (χ2v) is 9.29. The summed E-state index contributed by atoms with van der Waals surface area (Å²) in [7, 11) is 0. The van der Waals surface area contributed by atoms with Crippen LogP contribution in [0.25, 0.3) is 0 Å². The number of amides is 1. The molecule has 0 aliphatic carbocycles. The number of aromatic hydroxyl groups is 1. The fourth-order valence-electron chi connectivity index (χ4n) is 4.42. The number of rotatable bonds is 9. The van der Waals surface area contributed by atoms with Crippen molar-refractivity contribution in [1.29, 1.82) is 0 Å². The van der Waals surface area contributed by atoms with Crippen LogP contribution in [-0.2, 0) is 24.5 Å². The first kappa shape index (κ1) is 28.2. The highest BCUT2D eigenvalue weighted by atomic mass is 16.6. The van der Waals surface area contributed by atoms with Crippen LogP contribution in [0.2, 0.25) is 0 Å². The molecule has 0 saturated heterocycles. The highest BCUT2D eigenvalue weighted by Gasteiger charge is 2.51. The lowest BCUT2D eigenvalue weighted by molar-refractivity contribution is -0.385. The Balaban J connectivity index is 1.81. The number of phenolic OH excluding ortho intramolecular Hbond substituents is 1. The van der Waals surface area contributed by atoms with Gasteiger partial charge in [0.2, 0.25) is 0 Å². The molecule has 1 aliphatic heterocycles. The van der Waals surface area contributed by atoms with Gasteiger partial charge in [-0.2, -0.15) is 0 Å². The smallest absolute Gasteiger partial charge is 0.335 e. The molecule has 11 nitrogen and oxygen atoms in total. The molecule has 2 aromatic carbocycles. The fourth-order valence-corrected chi connectivity index (χ4v) is 4.42. The molecule has 1 amide bonds. The van der Waals surface area contributed by atoms with Crippen LogP contribution in [0, 0.1) is 10.1 Å². The van der Waals surface area contributed by atoms with Crippen molar-refractivity contribution in [2.75, 3.05) is 13.2 Å². The minimum absolute atomic E-state index is 0.0134. The molecule has 38 heavy (non-hydrogen) atoms. The molecular formula is C27H31N3O8. The zero-order valence-corrected chi connectivity index (χ0v) is 21.6. The first-order valence-electron chi connectivity index (χ1n) is 12.1. The van der Waals surface area contributed by atoms with Crippen LogP contribution in [0.5, 0.6) is 5.75 Å². The maximum Gasteiger partial charge on any atom is 0.335 e. The predicted molar refractivity (Wildman–Crippen MR) is 137 cm³/mol. The Kier molecular flexibility index (Phi) is 8.72. The third-order valence-electron chi connectivity index (χ3n) is 6.38. The van der Waals surface area contributed by atoms with Crippen molar-refractivity contribution in [3.8, 4) is 5.75 Å². The van der Waals surface area contributed by atoms with E-state index in [-0.39, 0.29) is 42.1 Å². The van der Waals surface area contributed by atoms with E-state index in [1.54, 1.807) is 45.9 Å². The van der Waals surface area contributed by atoms with Crippen molar-refractivity contribution in [2.24, 2.45) is 0 Å². The van der Waals surface area contributed by atoms with Crippen molar-refractivity contribution in [3.63, 3.8) is 0 Å². The standard InChI is InChI=1S/C27H31N3O8/c1-16(2)38-26(34)27(19-8-7-9-20(14-19)30(35)36)15-22(17(3)29-18(27)4)25(33)37-13-12-28-24(32)21-10-5-6-11-23(21)31/h5-11,14,16,18,29,31H,12-13,15H2,1-4H3,(H,28,32). The van der Waals surface area contributed by atoms with Gasteiger partial charge in [0.05, 0.1) is 28.7 Å². The molecular weight excluding hydrogens is 494 g/mol. The number of benzene rings is 2. The third-order valence-corrected chi connectivity index (χ3v) is 6.38. The summed E-state index contributed by atoms with van der Waals surface area (Å²) in [4.78, 5) is 49.8. The molecule has 1 heterocycles. The Morgan fingerprint density at radius 2 is 1.92 bits per heavy atom. The van der Waals surface area contributed by atoms with Crippen LogP contribution in [0.3, 0.4) is 0 Å². The normalized spacial score (nSPS) is 18.9. The van der Waals surface area contributed by atoms with Gasteiger partial charge in [-0.25, -0.2) is 4.79 Å². The number of hydrogen-bond donors (Lipinski definition) is 3. The molecule has 3 N–H and O–H groups in total. The number of para-hydroxylation sites is 1. The summed E-state index contributed by atoms with van der Waals surface area (Å²) in [6, 6.07) is 11.2. The van der Waals surface area contributed by atoms with Gasteiger partial charge in [-0.05, 0) is 45.4 Å². The molecule has 2 aromatic rings. The molecule has 0 spiro atoms. The van der Waals surface area contributed by atoms with Gasteiger partial charge in [0, 0.05) is 30.3 Å². The highest BCUT2D eigenvalue weighted by molar-refractivity contribution is 5.97. The zero-order chi connectivity index (χ0) is 28.0. The van der Waals surface area contributed by atoms with Crippen LogP contribution in [0.1, 0.15) is 50.0 Å². The third kappa shape index (κ3) is 5.93. The Bertz CT molecular complexity index is 1270. The Morgan fingerprint density at radius 3 is 2.58 bits per heavy atom. The molecule has 2 atom stereocenters. The number of nitrogens with zero attached hydrogens (tertiary/aromatic N) is 1. The summed E-state index contributed by atoms with van der Waals surface area (Å²) in [5.74, 6) is -2.02. The van der Waals surface area contributed by atoms with Crippen LogP contribution in [0.15, 0.2) is 59.8 Å². The second kappa shape index (κ2) is 11.8. The Labute approximate surface area is 220 Å². The Morgan fingerprint density at radius 1 is 1.21 bits per heavy atom. The van der Waals surface area contributed by atoms with Crippen LogP contribution >= 0.6 is 0 Å². The van der Waals surface area contributed by atoms with Gasteiger partial charge in [0.1, 0.15) is 17.8 Å². The SMILES string of the molecule is CC1=C(C(=O)OCCNC(=O)c2ccccc2O)CC(C(=O)OC(C)C)(c2cccc([N+](=O)[O-])c2)C(C)N1. The number of hydrogen-bond acceptors (Lipinski definition) is 9. The number of nitro groups is 1. The monoisotopic (exact) mass is 525 g/mol. The van der Waals surface area contributed by atoms with Gasteiger partial charge in [-0.3, -0.25) is 19.7 Å². The van der Waals surface area contributed by atoms with Gasteiger partial charge in [0.25, 0.3) is 11.6 Å². The van der Waals surface area contributed by atoms with Crippen molar-refractivity contribution in [2.45, 2.75) is 51.7 Å². The summed E-state index contributed by atoms with van der Waals surface area (Å²) in [5.41, 5.74) is -0.523. The van der Waals surface area contributed by atoms with E-state index in [0.717, 1.165) is 0 Å². The lowest BCUT2D eigenvalue weighted by Gasteiger charge is -2.42. The number of non-ortho nitro benzene ring substituents is 1. The second-order valence-electron chi connectivity index (χ2n) is 9.29. The molecule has 0 aromatic heterocycles. The molecule has 0 fully saturated rings. The molecule has 0 radical (unpaired) electrons. The van der Waals surface area contributed by atoms with Crippen LogP contribution < -0.4 is 10.6 Å². The number of carbonyl (C=O) groups is 3. The van der Waals surface area contributed by atoms with Gasteiger partial charge in [-0.15, -0.1) is 0 Å². The number of nitrogens with one attached hydrogen (secondary N) is 2. The van der Waals surface area contributed by atoms with Crippen molar-refractivity contribution in [1.82, 2.24) is 10.6 Å². The van der Waals surface area contributed by atoms with Gasteiger partial charge < -0.3 is 25.2 Å². The first-order chi connectivity index (χ1) is 18.0. The molecule has 0 bridgehead atoms. The lowest BCUT2D eigenvalue weighted by Crippen LogP contribution is -2.56. The quantitative estimate of drug-likeness (QED) is 0.194. The number of ether oxygens (including phenoxy) is 2. The van der Waals surface area contributed by atoms with Crippen molar-refractivity contribution >= 4 is 23.5 Å². The fraction of sp³-hybridized carbons (Fsp3) is 0.370. The summed E-state index contributed by atoms with van der Waals surface area (Å²) in [6.45, 7) is 6.64. The van der Waals surface area contributed by atoms with E-state index in [0.29, 0.717) is 11.3 Å². The minimum Gasteiger partial charge on any atom is -0.507 e. The molecule has 11 heteroatoms. The predicted octanol–water partition coefficient (Wildman–Crippen LogP) is 3.12. The number of phenols is 1. The molecule has 1 aliphatic rings. The molecule has 3 rings (SSSR count). The summed E-state index contributed by atoms with van der Waals surface area (Å²) >= 11 is 0. The minimum atomic E-state index is -1.44. The van der Waals surface area contributed by atoms with Gasteiger partial charge in [0.15, 0.2) is 0 Å². The van der Waals surface area contributed by atoms with E-state index in [9.17, 15) is 29.6 Å². The molecule has 202 valence electrons. The maximum absolute atomic E-state index is 13.5. The van der Waals surface area contributed by atoms with E-state index < -0.39 is 40.3 Å². The van der Waals surface area contributed by atoms with Gasteiger partial charge in [-0.1, -0.05) is 24.3 Å². The van der Waals surface area contributed by atoms with E-state index in [4.69, 9.17) is 9.47 Å². The number of nitro benzene ring substituents is 1. The van der Waals surface area contributed by atoms with E-state index >= 15 is 0 Å². The van der Waals surface area contributed by atoms with Crippen molar-refractivity contribution < 1.29 is 33.9 Å². The number of allylic oxidation sites excluding steroid dienone is 1. The average Bonchev–Trinajstić information content (AvgIpc) is 2.86. The first-order valence-corrected chi connectivity index (χ1v) is 12.1. The van der Waals surface area contributed by atoms with Crippen LogP contribution in [-0.4, -0.2) is 53.2 Å². The summed E-state index contributed by atoms with van der Waals surface area (Å²) < 4.78 is 10.9. The lowest BCUT2D eigenvalue weighted by atomic mass is 9.68. The largest absolute Gasteiger partial charge is 0.507 e. The summed E-state index contributed by atoms with van der Waals surface area (Å²) in [5, 5.41) is 27.0. The summed E-state index contributed by atoms with van der Waals surface area (Å²) in [6.07, 6.45) is -0.566. The van der Waals surface area contributed by atoms with E-state index in [1.807, 2.05) is 0 Å². The topological polar surface area (TPSA) is 157 Å².